The predicted octanol–water partition coefficient (Wildman–Crippen LogP) is 6.74. The lowest BCUT2D eigenvalue weighted by Crippen LogP contribution is -2.49. The normalized spacial score (nSPS) is 11.8. The number of carbonyl (C=O) groups is 2. The third-order valence-corrected chi connectivity index (χ3v) is 6.49. The molecule has 0 saturated carbocycles. The number of alkyl carbamates (subject to hydrolysis) is 1. The Kier molecular flexibility index (Phi) is 12.1. The van der Waals surface area contributed by atoms with Crippen LogP contribution in [0.5, 0.6) is 11.5 Å². The number of hydrogen-bond acceptors (Lipinski definition) is 5. The second-order valence-electron chi connectivity index (χ2n) is 11.0. The van der Waals surface area contributed by atoms with Gasteiger partial charge in [0.15, 0.2) is 0 Å². The third kappa shape index (κ3) is 11.2. The highest BCUT2D eigenvalue weighted by Gasteiger charge is 2.28. The molecule has 2 amide bonds. The van der Waals surface area contributed by atoms with Crippen LogP contribution in [-0.2, 0) is 29.0 Å². The van der Waals surface area contributed by atoms with Crippen molar-refractivity contribution in [2.24, 2.45) is 0 Å². The average Bonchev–Trinajstić information content (AvgIpc) is 2.96. The minimum Gasteiger partial charge on any atom is -0.497 e. The molecule has 1 radical (unpaired) electrons. The number of nitrogens with zero attached hydrogens (tertiary/aromatic N) is 1. The van der Waals surface area contributed by atoms with Gasteiger partial charge >= 0.3 is 6.09 Å². The quantitative estimate of drug-likeness (QED) is 0.221. The number of benzene rings is 3. The van der Waals surface area contributed by atoms with Crippen LogP contribution in [0.4, 0.5) is 4.79 Å². The fourth-order valence-electron chi connectivity index (χ4n) is 4.39. The third-order valence-electron chi connectivity index (χ3n) is 6.49. The molecule has 7 heteroatoms. The van der Waals surface area contributed by atoms with E-state index >= 15 is 0 Å². The molecule has 1 atom stereocenters. The van der Waals surface area contributed by atoms with E-state index in [0.717, 1.165) is 41.9 Å². The van der Waals surface area contributed by atoms with Gasteiger partial charge in [-0.2, -0.15) is 0 Å². The molecule has 0 fully saturated rings. The fourth-order valence-corrected chi connectivity index (χ4v) is 4.39. The van der Waals surface area contributed by atoms with E-state index in [9.17, 15) is 9.59 Å². The SMILES string of the molecule is COc1ccc(CN(Cc2ccc(OC)cc2)C(=O)[C@H](CCC[CH]Cc2ccccc2)NC(=O)OC(C)(C)C)cc1. The van der Waals surface area contributed by atoms with Crippen molar-refractivity contribution < 1.29 is 23.8 Å². The van der Waals surface area contributed by atoms with Crippen molar-refractivity contribution in [3.05, 3.63) is 102 Å². The molecule has 0 aromatic heterocycles. The minimum atomic E-state index is -0.730. The van der Waals surface area contributed by atoms with Gasteiger partial charge in [0.25, 0.3) is 0 Å². The Morgan fingerprint density at radius 1 is 0.805 bits per heavy atom. The van der Waals surface area contributed by atoms with Gasteiger partial charge < -0.3 is 24.4 Å². The van der Waals surface area contributed by atoms with E-state index in [2.05, 4.69) is 23.9 Å². The number of unbranched alkanes of at least 4 members (excludes halogenated alkanes) is 2. The standard InChI is InChI=1S/C34H43N2O5/c1-34(2,3)41-33(38)35-31(15-11-7-10-14-26-12-8-6-9-13-26)32(37)36(24-27-16-20-29(39-4)21-17-27)25-28-18-22-30(40-5)23-19-28/h6,8-10,12-13,16-23,31H,7,11,14-15,24-25H2,1-5H3,(H,35,38)/t31-/m0/s1. The summed E-state index contributed by atoms with van der Waals surface area (Å²) in [5.74, 6) is 1.33. The Labute approximate surface area is 244 Å². The van der Waals surface area contributed by atoms with E-state index in [4.69, 9.17) is 14.2 Å². The first kappa shape index (κ1) is 31.5. The second-order valence-corrected chi connectivity index (χ2v) is 11.0. The summed E-state index contributed by atoms with van der Waals surface area (Å²) in [6, 6.07) is 24.8. The maximum atomic E-state index is 14.1. The molecule has 3 rings (SSSR count). The van der Waals surface area contributed by atoms with Gasteiger partial charge in [-0.3, -0.25) is 4.79 Å². The topological polar surface area (TPSA) is 77.1 Å². The summed E-state index contributed by atoms with van der Waals surface area (Å²) in [4.78, 5) is 28.6. The lowest BCUT2D eigenvalue weighted by Gasteiger charge is -2.29. The molecule has 0 bridgehead atoms. The van der Waals surface area contributed by atoms with Gasteiger partial charge in [0.1, 0.15) is 23.1 Å². The fraction of sp³-hybridized carbons (Fsp3) is 0.382. The van der Waals surface area contributed by atoms with Crippen molar-refractivity contribution in [1.29, 1.82) is 0 Å². The molecule has 0 saturated heterocycles. The minimum absolute atomic E-state index is 0.162. The monoisotopic (exact) mass is 559 g/mol. The zero-order valence-electron chi connectivity index (χ0n) is 24.9. The largest absolute Gasteiger partial charge is 0.497 e. The van der Waals surface area contributed by atoms with E-state index in [1.807, 2.05) is 87.5 Å². The molecule has 0 heterocycles. The van der Waals surface area contributed by atoms with E-state index < -0.39 is 17.7 Å². The van der Waals surface area contributed by atoms with Crippen LogP contribution in [0, 0.1) is 6.42 Å². The van der Waals surface area contributed by atoms with Crippen molar-refractivity contribution in [2.45, 2.75) is 71.2 Å². The molecule has 0 unspecified atom stereocenters. The lowest BCUT2D eigenvalue weighted by atomic mass is 10.0. The van der Waals surface area contributed by atoms with Gasteiger partial charge in [-0.1, -0.05) is 61.0 Å². The van der Waals surface area contributed by atoms with Crippen molar-refractivity contribution in [2.75, 3.05) is 14.2 Å². The van der Waals surface area contributed by atoms with Crippen molar-refractivity contribution in [3.8, 4) is 11.5 Å². The maximum absolute atomic E-state index is 14.1. The highest BCUT2D eigenvalue weighted by Crippen LogP contribution is 2.19. The van der Waals surface area contributed by atoms with Crippen LogP contribution in [0.15, 0.2) is 78.9 Å². The number of rotatable bonds is 14. The zero-order valence-corrected chi connectivity index (χ0v) is 24.9. The van der Waals surface area contributed by atoms with E-state index in [1.54, 1.807) is 19.1 Å². The Balaban J connectivity index is 1.76. The molecule has 41 heavy (non-hydrogen) atoms. The summed E-state index contributed by atoms with van der Waals surface area (Å²) in [5.41, 5.74) is 2.49. The van der Waals surface area contributed by atoms with Crippen molar-refractivity contribution in [3.63, 3.8) is 0 Å². The summed E-state index contributed by atoms with van der Waals surface area (Å²) >= 11 is 0. The Bertz CT molecular complexity index is 1160. The van der Waals surface area contributed by atoms with Gasteiger partial charge in [0.05, 0.1) is 14.2 Å². The molecule has 3 aromatic carbocycles. The summed E-state index contributed by atoms with van der Waals surface area (Å²) in [6.07, 6.45) is 4.55. The van der Waals surface area contributed by atoms with Crippen LogP contribution in [-0.4, -0.2) is 42.8 Å². The Morgan fingerprint density at radius 2 is 1.34 bits per heavy atom. The first-order valence-electron chi connectivity index (χ1n) is 14.1. The van der Waals surface area contributed by atoms with Gasteiger partial charge in [0.2, 0.25) is 5.91 Å². The van der Waals surface area contributed by atoms with Gasteiger partial charge in [-0.25, -0.2) is 4.79 Å². The predicted molar refractivity (Wildman–Crippen MR) is 162 cm³/mol. The molecule has 219 valence electrons. The van der Waals surface area contributed by atoms with Crippen LogP contribution >= 0.6 is 0 Å². The summed E-state index contributed by atoms with van der Waals surface area (Å²) in [5, 5.41) is 2.86. The van der Waals surface area contributed by atoms with Gasteiger partial charge in [-0.05, 0) is 87.4 Å². The molecule has 0 aliphatic heterocycles. The summed E-state index contributed by atoms with van der Waals surface area (Å²) in [7, 11) is 3.25. The highest BCUT2D eigenvalue weighted by atomic mass is 16.6. The Morgan fingerprint density at radius 3 is 1.83 bits per heavy atom. The summed E-state index contributed by atoms with van der Waals surface area (Å²) in [6.45, 7) is 6.17. The number of hydrogen-bond donors (Lipinski definition) is 1. The first-order chi connectivity index (χ1) is 19.7. The van der Waals surface area contributed by atoms with Crippen molar-refractivity contribution in [1.82, 2.24) is 10.2 Å². The number of carbonyl (C=O) groups excluding carboxylic acids is 2. The number of amides is 2. The molecular formula is C34H43N2O5. The van der Waals surface area contributed by atoms with Crippen LogP contribution in [0.25, 0.3) is 0 Å². The smallest absolute Gasteiger partial charge is 0.408 e. The van der Waals surface area contributed by atoms with Crippen LogP contribution in [0.3, 0.4) is 0 Å². The number of methoxy groups -OCH3 is 2. The van der Waals surface area contributed by atoms with Crippen LogP contribution in [0.2, 0.25) is 0 Å². The average molecular weight is 560 g/mol. The van der Waals surface area contributed by atoms with Crippen LogP contribution in [0.1, 0.15) is 56.7 Å². The second kappa shape index (κ2) is 15.7. The molecule has 0 aliphatic carbocycles. The van der Waals surface area contributed by atoms with Gasteiger partial charge in [-0.15, -0.1) is 0 Å². The highest BCUT2D eigenvalue weighted by molar-refractivity contribution is 5.85. The molecule has 0 spiro atoms. The molecule has 3 aromatic rings. The summed E-state index contributed by atoms with van der Waals surface area (Å²) < 4.78 is 16.1. The van der Waals surface area contributed by atoms with E-state index in [-0.39, 0.29) is 5.91 Å². The van der Waals surface area contributed by atoms with Crippen LogP contribution < -0.4 is 14.8 Å². The molecule has 1 N–H and O–H groups in total. The first-order valence-corrected chi connectivity index (χ1v) is 14.1. The number of ether oxygens (including phenoxy) is 3. The maximum Gasteiger partial charge on any atom is 0.408 e. The molecule has 7 nitrogen and oxygen atoms in total. The zero-order chi connectivity index (χ0) is 29.7. The van der Waals surface area contributed by atoms with E-state index in [0.29, 0.717) is 19.5 Å². The van der Waals surface area contributed by atoms with Crippen molar-refractivity contribution >= 4 is 12.0 Å². The Hall–Kier alpha value is -4.00. The number of nitrogens with one attached hydrogen (secondary N) is 1. The molecule has 0 aliphatic rings. The van der Waals surface area contributed by atoms with E-state index in [1.165, 1.54) is 5.56 Å². The molecular weight excluding hydrogens is 516 g/mol. The lowest BCUT2D eigenvalue weighted by molar-refractivity contribution is -0.135. The van der Waals surface area contributed by atoms with Gasteiger partial charge in [0, 0.05) is 13.1 Å².